The summed E-state index contributed by atoms with van der Waals surface area (Å²) in [6, 6.07) is 9.80. The van der Waals surface area contributed by atoms with Gasteiger partial charge in [0, 0.05) is 50.6 Å². The fourth-order valence-corrected chi connectivity index (χ4v) is 5.13. The summed E-state index contributed by atoms with van der Waals surface area (Å²) in [5.74, 6) is 0.882. The van der Waals surface area contributed by atoms with Crippen molar-refractivity contribution in [3.63, 3.8) is 0 Å². The first kappa shape index (κ1) is 23.9. The molecule has 3 aromatic rings. The van der Waals surface area contributed by atoms with E-state index in [0.29, 0.717) is 25.2 Å². The van der Waals surface area contributed by atoms with Crippen molar-refractivity contribution < 1.29 is 9.53 Å². The number of rotatable bonds is 3. The second kappa shape index (κ2) is 9.34. The number of anilines is 2. The van der Waals surface area contributed by atoms with E-state index in [9.17, 15) is 10.1 Å². The number of piperazine rings is 1. The predicted molar refractivity (Wildman–Crippen MR) is 140 cm³/mol. The molecular formula is C27H33N7O2. The molecule has 2 aromatic heterocycles. The summed E-state index contributed by atoms with van der Waals surface area (Å²) >= 11 is 0. The summed E-state index contributed by atoms with van der Waals surface area (Å²) in [4.78, 5) is 28.7. The number of carbonyl (C=O) groups excluding carboxylic acids is 1. The minimum Gasteiger partial charge on any atom is -0.444 e. The van der Waals surface area contributed by atoms with E-state index in [0.717, 1.165) is 54.2 Å². The number of aromatic nitrogens is 3. The van der Waals surface area contributed by atoms with Gasteiger partial charge in [-0.25, -0.2) is 14.8 Å². The molecule has 0 N–H and O–H groups in total. The van der Waals surface area contributed by atoms with Crippen LogP contribution in [0.3, 0.4) is 0 Å². The molecule has 5 rings (SSSR count). The second-order valence-electron chi connectivity index (χ2n) is 10.6. The Morgan fingerprint density at radius 1 is 1.11 bits per heavy atom. The van der Waals surface area contributed by atoms with Crippen LogP contribution in [0.5, 0.6) is 0 Å². The number of benzene rings is 1. The van der Waals surface area contributed by atoms with Crippen molar-refractivity contribution in [2.75, 3.05) is 42.5 Å². The van der Waals surface area contributed by atoms with Gasteiger partial charge in [-0.1, -0.05) is 6.07 Å². The Morgan fingerprint density at radius 3 is 2.58 bits per heavy atom. The molecule has 0 bridgehead atoms. The molecule has 0 aliphatic carbocycles. The van der Waals surface area contributed by atoms with Crippen LogP contribution in [-0.2, 0) is 4.74 Å². The van der Waals surface area contributed by atoms with Gasteiger partial charge in [0.05, 0.1) is 22.7 Å². The molecule has 36 heavy (non-hydrogen) atoms. The first-order valence-electron chi connectivity index (χ1n) is 12.6. The molecule has 1 aromatic carbocycles. The van der Waals surface area contributed by atoms with E-state index >= 15 is 0 Å². The normalized spacial score (nSPS) is 18.5. The molecular weight excluding hydrogens is 454 g/mol. The molecule has 4 heterocycles. The van der Waals surface area contributed by atoms with Crippen LogP contribution in [-0.4, -0.2) is 69.9 Å². The molecule has 2 saturated heterocycles. The first-order valence-corrected chi connectivity index (χ1v) is 12.6. The van der Waals surface area contributed by atoms with Crippen molar-refractivity contribution in [1.82, 2.24) is 19.4 Å². The quantitative estimate of drug-likeness (QED) is 0.543. The monoisotopic (exact) mass is 487 g/mol. The van der Waals surface area contributed by atoms with E-state index in [1.807, 2.05) is 45.0 Å². The Labute approximate surface area is 211 Å². The molecule has 9 heteroatoms. The summed E-state index contributed by atoms with van der Waals surface area (Å²) in [6.45, 7) is 11.6. The summed E-state index contributed by atoms with van der Waals surface area (Å²) in [7, 11) is 0. The van der Waals surface area contributed by atoms with Crippen LogP contribution >= 0.6 is 0 Å². The first-order chi connectivity index (χ1) is 17.2. The molecule has 2 aliphatic heterocycles. The van der Waals surface area contributed by atoms with E-state index in [2.05, 4.69) is 33.6 Å². The molecule has 1 atom stereocenters. The van der Waals surface area contributed by atoms with Crippen LogP contribution in [0.25, 0.3) is 16.7 Å². The van der Waals surface area contributed by atoms with Crippen LogP contribution in [0.1, 0.15) is 46.1 Å². The van der Waals surface area contributed by atoms with Crippen molar-refractivity contribution in [3.8, 4) is 11.8 Å². The summed E-state index contributed by atoms with van der Waals surface area (Å²) in [5.41, 5.74) is 2.92. The van der Waals surface area contributed by atoms with Gasteiger partial charge in [0.25, 0.3) is 0 Å². The van der Waals surface area contributed by atoms with Gasteiger partial charge in [-0.15, -0.1) is 0 Å². The maximum absolute atomic E-state index is 12.7. The standard InChI is InChI=1S/C27H33N7O2/c1-19-16-32(12-13-33(19)26(35)36-27(2,3)4)24-23-22(31-10-5-6-11-31)17-34(25(23)30-18-29-24)21-9-7-8-20(14-21)15-28/h7-9,14,17-19H,5-6,10-13,16H2,1-4H3. The molecule has 2 aliphatic rings. The van der Waals surface area contributed by atoms with E-state index in [1.54, 1.807) is 11.2 Å². The molecule has 0 spiro atoms. The highest BCUT2D eigenvalue weighted by Gasteiger charge is 2.33. The minimum atomic E-state index is -0.525. The van der Waals surface area contributed by atoms with Crippen molar-refractivity contribution in [1.29, 1.82) is 5.26 Å². The number of nitrogens with zero attached hydrogens (tertiary/aromatic N) is 7. The van der Waals surface area contributed by atoms with Crippen LogP contribution in [0, 0.1) is 11.3 Å². The van der Waals surface area contributed by atoms with Gasteiger partial charge < -0.3 is 19.4 Å². The van der Waals surface area contributed by atoms with Crippen LogP contribution < -0.4 is 9.80 Å². The summed E-state index contributed by atoms with van der Waals surface area (Å²) in [5, 5.41) is 10.4. The lowest BCUT2D eigenvalue weighted by atomic mass is 10.1. The molecule has 188 valence electrons. The van der Waals surface area contributed by atoms with Gasteiger partial charge in [0.15, 0.2) is 5.65 Å². The number of carbonyl (C=O) groups is 1. The maximum atomic E-state index is 12.7. The van der Waals surface area contributed by atoms with Crippen molar-refractivity contribution in [2.45, 2.75) is 52.2 Å². The van der Waals surface area contributed by atoms with Gasteiger partial charge in [-0.05, 0) is 58.7 Å². The lowest BCUT2D eigenvalue weighted by Gasteiger charge is -2.41. The highest BCUT2D eigenvalue weighted by atomic mass is 16.6. The van der Waals surface area contributed by atoms with E-state index < -0.39 is 5.60 Å². The predicted octanol–water partition coefficient (Wildman–Crippen LogP) is 4.34. The smallest absolute Gasteiger partial charge is 0.410 e. The Balaban J connectivity index is 1.53. The zero-order chi connectivity index (χ0) is 25.4. The van der Waals surface area contributed by atoms with Gasteiger partial charge >= 0.3 is 6.09 Å². The fraction of sp³-hybridized carbons (Fsp3) is 0.481. The van der Waals surface area contributed by atoms with Gasteiger partial charge in [0.2, 0.25) is 0 Å². The third-order valence-corrected chi connectivity index (χ3v) is 6.80. The number of ether oxygens (including phenoxy) is 1. The van der Waals surface area contributed by atoms with Crippen LogP contribution in [0.2, 0.25) is 0 Å². The Morgan fingerprint density at radius 2 is 1.89 bits per heavy atom. The molecule has 1 unspecified atom stereocenters. The fourth-order valence-electron chi connectivity index (χ4n) is 5.13. The molecule has 9 nitrogen and oxygen atoms in total. The van der Waals surface area contributed by atoms with E-state index in [-0.39, 0.29) is 12.1 Å². The maximum Gasteiger partial charge on any atom is 0.410 e. The highest BCUT2D eigenvalue weighted by molar-refractivity contribution is 6.00. The van der Waals surface area contributed by atoms with Gasteiger partial charge in [-0.2, -0.15) is 5.26 Å². The van der Waals surface area contributed by atoms with Crippen LogP contribution in [0.15, 0.2) is 36.8 Å². The average molecular weight is 488 g/mol. The lowest BCUT2D eigenvalue weighted by molar-refractivity contribution is 0.0159. The SMILES string of the molecule is CC1CN(c2ncnc3c2c(N2CCCC2)cn3-c2cccc(C#N)c2)CCN1C(=O)OC(C)(C)C. The van der Waals surface area contributed by atoms with E-state index in [1.165, 1.54) is 0 Å². The summed E-state index contributed by atoms with van der Waals surface area (Å²) in [6.07, 6.45) is 5.78. The molecule has 2 fully saturated rings. The number of hydrogen-bond donors (Lipinski definition) is 0. The van der Waals surface area contributed by atoms with Crippen molar-refractivity contribution >= 4 is 28.6 Å². The number of amides is 1. The molecule has 0 saturated carbocycles. The van der Waals surface area contributed by atoms with E-state index in [4.69, 9.17) is 14.7 Å². The van der Waals surface area contributed by atoms with Crippen molar-refractivity contribution in [2.24, 2.45) is 0 Å². The summed E-state index contributed by atoms with van der Waals surface area (Å²) < 4.78 is 7.69. The van der Waals surface area contributed by atoms with Crippen molar-refractivity contribution in [3.05, 3.63) is 42.4 Å². The Kier molecular flexibility index (Phi) is 6.20. The largest absolute Gasteiger partial charge is 0.444 e. The highest BCUT2D eigenvalue weighted by Crippen LogP contribution is 2.38. The zero-order valence-electron chi connectivity index (χ0n) is 21.4. The topological polar surface area (TPSA) is 90.5 Å². The Hall–Kier alpha value is -3.80. The number of hydrogen-bond acceptors (Lipinski definition) is 7. The molecule has 1 amide bonds. The zero-order valence-corrected chi connectivity index (χ0v) is 21.4. The van der Waals surface area contributed by atoms with Crippen LogP contribution in [0.4, 0.5) is 16.3 Å². The lowest BCUT2D eigenvalue weighted by Crippen LogP contribution is -2.55. The molecule has 0 radical (unpaired) electrons. The van der Waals surface area contributed by atoms with Gasteiger partial charge in [0.1, 0.15) is 17.7 Å². The third-order valence-electron chi connectivity index (χ3n) is 6.80. The second-order valence-corrected chi connectivity index (χ2v) is 10.6. The number of nitriles is 1. The number of fused-ring (bicyclic) bond motifs is 1. The minimum absolute atomic E-state index is 0.0248. The third kappa shape index (κ3) is 4.55. The Bertz CT molecular complexity index is 1310. The average Bonchev–Trinajstić information content (AvgIpc) is 3.51. The van der Waals surface area contributed by atoms with Gasteiger partial charge in [-0.3, -0.25) is 4.57 Å².